The molecule has 0 spiro atoms. The molecule has 2 aromatic rings. The van der Waals surface area contributed by atoms with E-state index in [1.165, 1.54) is 12.1 Å². The van der Waals surface area contributed by atoms with Crippen LogP contribution in [0.1, 0.15) is 35.6 Å². The summed E-state index contributed by atoms with van der Waals surface area (Å²) in [5.74, 6) is -1.62. The van der Waals surface area contributed by atoms with Crippen LogP contribution < -0.4 is 0 Å². The lowest BCUT2D eigenvalue weighted by molar-refractivity contribution is 0.543. The van der Waals surface area contributed by atoms with Crippen LogP contribution in [0.2, 0.25) is 0 Å². The van der Waals surface area contributed by atoms with E-state index in [2.05, 4.69) is 0 Å². The zero-order chi connectivity index (χ0) is 20.2. The summed E-state index contributed by atoms with van der Waals surface area (Å²) in [5.41, 5.74) is 0.630. The van der Waals surface area contributed by atoms with Crippen LogP contribution in [0.5, 0.6) is 0 Å². The van der Waals surface area contributed by atoms with Gasteiger partial charge >= 0.3 is 0 Å². The molecule has 0 bridgehead atoms. The number of hydrogen-bond acceptors (Lipinski definition) is 4. The van der Waals surface area contributed by atoms with Gasteiger partial charge in [0.1, 0.15) is 21.5 Å². The summed E-state index contributed by atoms with van der Waals surface area (Å²) in [5, 5.41) is -1.30. The van der Waals surface area contributed by atoms with Gasteiger partial charge in [-0.2, -0.15) is 0 Å². The minimum Gasteiger partial charge on any atom is -0.229 e. The minimum absolute atomic E-state index is 0.00783. The lowest BCUT2D eigenvalue weighted by atomic mass is 10.1. The van der Waals surface area contributed by atoms with E-state index in [9.17, 15) is 25.6 Å². The van der Waals surface area contributed by atoms with E-state index >= 15 is 0 Å². The van der Waals surface area contributed by atoms with E-state index in [-0.39, 0.29) is 35.5 Å². The largest absolute Gasteiger partial charge is 0.229 e. The predicted molar refractivity (Wildman–Crippen MR) is 101 cm³/mol. The topological polar surface area (TPSA) is 68.3 Å². The van der Waals surface area contributed by atoms with Gasteiger partial charge in [0.25, 0.3) is 0 Å². The Morgan fingerprint density at radius 3 is 2.15 bits per heavy atom. The van der Waals surface area contributed by atoms with Gasteiger partial charge in [-0.05, 0) is 50.1 Å². The van der Waals surface area contributed by atoms with Crippen molar-refractivity contribution in [2.24, 2.45) is 0 Å². The molecule has 4 nitrogen and oxygen atoms in total. The molecule has 0 amide bonds. The van der Waals surface area contributed by atoms with Gasteiger partial charge in [-0.3, -0.25) is 0 Å². The van der Waals surface area contributed by atoms with Crippen LogP contribution >= 0.6 is 0 Å². The van der Waals surface area contributed by atoms with Crippen LogP contribution in [0.3, 0.4) is 0 Å². The zero-order valence-corrected chi connectivity index (χ0v) is 16.8. The summed E-state index contributed by atoms with van der Waals surface area (Å²) < 4.78 is 76.7. The van der Waals surface area contributed by atoms with Gasteiger partial charge in [-0.15, -0.1) is 0 Å². The van der Waals surface area contributed by atoms with E-state index in [1.807, 2.05) is 6.92 Å². The average molecular weight is 417 g/mol. The van der Waals surface area contributed by atoms with E-state index < -0.39 is 36.6 Å². The number of sulfone groups is 2. The molecule has 0 fully saturated rings. The second-order valence-electron chi connectivity index (χ2n) is 6.64. The molecule has 148 valence electrons. The minimum atomic E-state index is -3.98. The number of rotatable bonds is 8. The summed E-state index contributed by atoms with van der Waals surface area (Å²) in [7, 11) is -7.16. The van der Waals surface area contributed by atoms with Crippen LogP contribution in [0.4, 0.5) is 8.78 Å². The summed E-state index contributed by atoms with van der Waals surface area (Å²) in [6.07, 6.45) is 1.58. The first-order valence-corrected chi connectivity index (χ1v) is 12.0. The van der Waals surface area contributed by atoms with Gasteiger partial charge in [-0.1, -0.05) is 24.1 Å². The van der Waals surface area contributed by atoms with E-state index in [4.69, 9.17) is 0 Å². The summed E-state index contributed by atoms with van der Waals surface area (Å²) >= 11 is 0. The van der Waals surface area contributed by atoms with Crippen molar-refractivity contribution in [1.82, 2.24) is 0 Å². The number of hydrogen-bond donors (Lipinski definition) is 0. The van der Waals surface area contributed by atoms with Crippen molar-refractivity contribution in [2.45, 2.75) is 36.3 Å². The highest BCUT2D eigenvalue weighted by Crippen LogP contribution is 2.35. The molecule has 1 atom stereocenters. The number of benzene rings is 2. The number of halogens is 2. The Morgan fingerprint density at radius 1 is 0.926 bits per heavy atom. The molecule has 2 rings (SSSR count). The first-order valence-electron chi connectivity index (χ1n) is 8.44. The zero-order valence-electron chi connectivity index (χ0n) is 15.2. The molecule has 0 N–H and O–H groups in total. The Hall–Kier alpha value is -1.80. The normalized spacial score (nSPS) is 13.5. The third-order valence-electron chi connectivity index (χ3n) is 4.26. The Bertz CT molecular complexity index is 999. The van der Waals surface area contributed by atoms with Crippen LogP contribution in [-0.2, 0) is 19.7 Å². The van der Waals surface area contributed by atoms with Gasteiger partial charge in [0, 0.05) is 17.6 Å². The van der Waals surface area contributed by atoms with Crippen LogP contribution in [-0.4, -0.2) is 28.8 Å². The third-order valence-corrected chi connectivity index (χ3v) is 7.46. The summed E-state index contributed by atoms with van der Waals surface area (Å²) in [4.78, 5) is 0.0184. The molecule has 0 aliphatic heterocycles. The van der Waals surface area contributed by atoms with Gasteiger partial charge in [-0.25, -0.2) is 25.6 Å². The number of unbranched alkanes of at least 4 members (excludes halogenated alkanes) is 1. The van der Waals surface area contributed by atoms with Crippen molar-refractivity contribution in [1.29, 1.82) is 0 Å². The highest BCUT2D eigenvalue weighted by molar-refractivity contribution is 7.91. The fourth-order valence-electron chi connectivity index (χ4n) is 2.83. The fourth-order valence-corrected chi connectivity index (χ4v) is 5.39. The second-order valence-corrected chi connectivity index (χ2v) is 11.0. The van der Waals surface area contributed by atoms with Crippen molar-refractivity contribution in [2.75, 3.05) is 12.0 Å². The third kappa shape index (κ3) is 5.84. The molecular weight excluding hydrogens is 394 g/mol. The van der Waals surface area contributed by atoms with E-state index in [0.717, 1.165) is 30.0 Å². The molecule has 2 aromatic carbocycles. The molecule has 0 aromatic heterocycles. The van der Waals surface area contributed by atoms with Crippen LogP contribution in [0.25, 0.3) is 0 Å². The monoisotopic (exact) mass is 416 g/mol. The molecule has 0 aliphatic carbocycles. The second kappa shape index (κ2) is 8.48. The SMILES string of the molecule is Cc1ccc(S(=O)(=O)C(CCCCS(C)(=O)=O)c2cc(F)ccc2F)cc1. The lowest BCUT2D eigenvalue weighted by Crippen LogP contribution is -2.16. The maximum atomic E-state index is 14.3. The molecule has 0 heterocycles. The average Bonchev–Trinajstić information content (AvgIpc) is 2.56. The molecule has 27 heavy (non-hydrogen) atoms. The van der Waals surface area contributed by atoms with E-state index in [1.54, 1.807) is 12.1 Å². The fraction of sp³-hybridized carbons (Fsp3) is 0.368. The Balaban J connectivity index is 2.39. The number of aryl methyl sites for hydroxylation is 1. The molecule has 0 saturated heterocycles. The lowest BCUT2D eigenvalue weighted by Gasteiger charge is -2.19. The molecular formula is C19H22F2O4S2. The quantitative estimate of drug-likeness (QED) is 0.610. The predicted octanol–water partition coefficient (Wildman–Crippen LogP) is 4.00. The van der Waals surface area contributed by atoms with Crippen molar-refractivity contribution < 1.29 is 25.6 Å². The standard InChI is InChI=1S/C19H22F2O4S2/c1-14-6-9-16(10-7-14)27(24,25)19(5-3-4-12-26(2,22)23)17-13-15(20)8-11-18(17)21/h6-11,13,19H,3-5,12H2,1-2H3. The highest BCUT2D eigenvalue weighted by atomic mass is 32.2. The van der Waals surface area contributed by atoms with Gasteiger partial charge < -0.3 is 0 Å². The van der Waals surface area contributed by atoms with Crippen molar-refractivity contribution in [3.05, 3.63) is 65.2 Å². The highest BCUT2D eigenvalue weighted by Gasteiger charge is 2.31. The first kappa shape index (κ1) is 21.5. The Labute approximate surface area is 159 Å². The first-order chi connectivity index (χ1) is 12.5. The van der Waals surface area contributed by atoms with E-state index in [0.29, 0.717) is 0 Å². The van der Waals surface area contributed by atoms with Crippen molar-refractivity contribution in [3.63, 3.8) is 0 Å². The van der Waals surface area contributed by atoms with Gasteiger partial charge in [0.2, 0.25) is 0 Å². The van der Waals surface area contributed by atoms with Crippen LogP contribution in [0.15, 0.2) is 47.4 Å². The summed E-state index contributed by atoms with van der Waals surface area (Å²) in [6, 6.07) is 8.86. The maximum Gasteiger partial charge on any atom is 0.185 e. The van der Waals surface area contributed by atoms with Crippen molar-refractivity contribution >= 4 is 19.7 Å². The molecule has 0 saturated carbocycles. The van der Waals surface area contributed by atoms with Crippen LogP contribution in [0, 0.1) is 18.6 Å². The summed E-state index contributed by atoms with van der Waals surface area (Å²) in [6.45, 7) is 1.81. The Morgan fingerprint density at radius 2 is 1.56 bits per heavy atom. The van der Waals surface area contributed by atoms with Gasteiger partial charge in [0.15, 0.2) is 9.84 Å². The maximum absolute atomic E-state index is 14.3. The van der Waals surface area contributed by atoms with Gasteiger partial charge in [0.05, 0.1) is 10.1 Å². The molecule has 8 heteroatoms. The Kier molecular flexibility index (Phi) is 6.75. The molecule has 1 unspecified atom stereocenters. The van der Waals surface area contributed by atoms with Crippen molar-refractivity contribution in [3.8, 4) is 0 Å². The molecule has 0 radical (unpaired) electrons. The molecule has 0 aliphatic rings. The smallest absolute Gasteiger partial charge is 0.185 e.